The minimum Gasteiger partial charge on any atom is -0.406 e. The predicted octanol–water partition coefficient (Wildman–Crippen LogP) is 2.64. The van der Waals surface area contributed by atoms with Crippen molar-refractivity contribution in [3.8, 4) is 5.75 Å². The molecule has 1 unspecified atom stereocenters. The van der Waals surface area contributed by atoms with Crippen LogP contribution < -0.4 is 10.1 Å². The van der Waals surface area contributed by atoms with E-state index in [-0.39, 0.29) is 23.9 Å². The fraction of sp³-hybridized carbons (Fsp3) is 0.478. The average Bonchev–Trinajstić information content (AvgIpc) is 3.30. The largest absolute Gasteiger partial charge is 0.573 e. The van der Waals surface area contributed by atoms with Gasteiger partial charge in [0.2, 0.25) is 0 Å². The summed E-state index contributed by atoms with van der Waals surface area (Å²) in [4.78, 5) is 25.2. The van der Waals surface area contributed by atoms with Gasteiger partial charge in [-0.3, -0.25) is 20.3 Å². The van der Waals surface area contributed by atoms with Crippen molar-refractivity contribution in [3.63, 3.8) is 0 Å². The van der Waals surface area contributed by atoms with Crippen LogP contribution >= 0.6 is 0 Å². The van der Waals surface area contributed by atoms with E-state index in [2.05, 4.69) is 31.0 Å². The van der Waals surface area contributed by atoms with Gasteiger partial charge in [0.25, 0.3) is 6.02 Å². The third-order valence-corrected chi connectivity index (χ3v) is 6.60. The second-order valence-electron chi connectivity index (χ2n) is 9.00. The Bertz CT molecular complexity index is 1110. The summed E-state index contributed by atoms with van der Waals surface area (Å²) in [5.41, 5.74) is 1.01. The van der Waals surface area contributed by atoms with Crippen molar-refractivity contribution in [2.24, 2.45) is 9.98 Å². The Morgan fingerprint density at radius 1 is 1.22 bits per heavy atom. The molecular formula is C23H26F3N7O4. The predicted molar refractivity (Wildman–Crippen MR) is 127 cm³/mol. The molecule has 2 atom stereocenters. The lowest BCUT2D eigenvalue weighted by atomic mass is 9.89. The first-order valence-electron chi connectivity index (χ1n) is 11.9. The minimum atomic E-state index is -4.69. The van der Waals surface area contributed by atoms with Crippen LogP contribution in [-0.4, -0.2) is 83.6 Å². The first-order valence-corrected chi connectivity index (χ1v) is 11.9. The standard InChI is InChI=1S/C23H26F3N7O4/c24-23(25,26)37-18-3-1-16(2-4-18)17-5-10-31(11-6-17)19-7-9-30(14-28-19)15-29-20-13-27-22-32(20)12-8-21(36-22)33(34)35/h1-4,7-8,12,14,17,20-21,29H,5-6,9-11,13,15H2/t20?,21-/m0/s1. The lowest BCUT2D eigenvalue weighted by molar-refractivity contribution is -0.552. The number of hydrogen-bond donors (Lipinski definition) is 1. The normalized spacial score (nSPS) is 23.9. The van der Waals surface area contributed by atoms with E-state index in [1.54, 1.807) is 29.6 Å². The summed E-state index contributed by atoms with van der Waals surface area (Å²) in [5, 5.41) is 14.3. The lowest BCUT2D eigenvalue weighted by Gasteiger charge is -2.35. The number of nitro groups is 1. The highest BCUT2D eigenvalue weighted by Crippen LogP contribution is 2.32. The van der Waals surface area contributed by atoms with Crippen molar-refractivity contribution >= 4 is 12.4 Å². The van der Waals surface area contributed by atoms with Crippen LogP contribution in [0, 0.1) is 10.1 Å². The van der Waals surface area contributed by atoms with E-state index >= 15 is 0 Å². The monoisotopic (exact) mass is 521 g/mol. The Kier molecular flexibility index (Phi) is 6.91. The molecule has 5 rings (SSSR count). The number of nitrogens with one attached hydrogen (secondary N) is 1. The zero-order chi connectivity index (χ0) is 26.0. The zero-order valence-electron chi connectivity index (χ0n) is 19.8. The van der Waals surface area contributed by atoms with Crippen LogP contribution in [0.25, 0.3) is 0 Å². The molecule has 0 spiro atoms. The fourth-order valence-electron chi connectivity index (χ4n) is 4.68. The van der Waals surface area contributed by atoms with Crippen molar-refractivity contribution in [1.82, 2.24) is 20.0 Å². The molecule has 1 aromatic carbocycles. The number of piperidine rings is 1. The molecule has 1 aromatic rings. The molecule has 4 aliphatic rings. The van der Waals surface area contributed by atoms with Gasteiger partial charge in [-0.15, -0.1) is 13.2 Å². The van der Waals surface area contributed by atoms with Crippen LogP contribution in [0.5, 0.6) is 5.75 Å². The summed E-state index contributed by atoms with van der Waals surface area (Å²) in [5.74, 6) is 0.977. The quantitative estimate of drug-likeness (QED) is 0.431. The molecule has 0 bridgehead atoms. The van der Waals surface area contributed by atoms with E-state index in [1.165, 1.54) is 18.2 Å². The summed E-state index contributed by atoms with van der Waals surface area (Å²) in [6.07, 6.45) is 2.55. The van der Waals surface area contributed by atoms with Gasteiger partial charge in [0.1, 0.15) is 17.7 Å². The van der Waals surface area contributed by atoms with E-state index in [4.69, 9.17) is 4.74 Å². The van der Waals surface area contributed by atoms with Crippen LogP contribution in [-0.2, 0) is 4.74 Å². The van der Waals surface area contributed by atoms with Crippen LogP contribution in [0.3, 0.4) is 0 Å². The van der Waals surface area contributed by atoms with Crippen molar-refractivity contribution in [2.75, 3.05) is 32.8 Å². The van der Waals surface area contributed by atoms with Crippen LogP contribution in [0.15, 0.2) is 58.4 Å². The number of nitrogens with zero attached hydrogens (tertiary/aromatic N) is 6. The smallest absolute Gasteiger partial charge is 0.406 e. The lowest BCUT2D eigenvalue weighted by Crippen LogP contribution is -2.50. The van der Waals surface area contributed by atoms with Crippen LogP contribution in [0.1, 0.15) is 24.3 Å². The van der Waals surface area contributed by atoms with E-state index in [1.807, 2.05) is 4.90 Å². The van der Waals surface area contributed by atoms with Gasteiger partial charge in [0.15, 0.2) is 0 Å². The maximum absolute atomic E-state index is 12.4. The highest BCUT2D eigenvalue weighted by molar-refractivity contribution is 5.78. The first kappa shape index (κ1) is 24.9. The van der Waals surface area contributed by atoms with Gasteiger partial charge < -0.3 is 19.3 Å². The second kappa shape index (κ2) is 10.3. The number of halogens is 3. The number of hydrogen-bond acceptors (Lipinski definition) is 10. The molecule has 1 saturated heterocycles. The van der Waals surface area contributed by atoms with Crippen LogP contribution in [0.4, 0.5) is 13.2 Å². The number of likely N-dealkylation sites (tertiary alicyclic amines) is 1. The number of fused-ring (bicyclic) bond motifs is 1. The Morgan fingerprint density at radius 3 is 2.62 bits per heavy atom. The van der Waals surface area contributed by atoms with Gasteiger partial charge >= 0.3 is 12.6 Å². The van der Waals surface area contributed by atoms with Crippen molar-refractivity contribution in [1.29, 1.82) is 0 Å². The molecule has 4 aliphatic heterocycles. The van der Waals surface area contributed by atoms with Crippen molar-refractivity contribution < 1.29 is 27.6 Å². The Balaban J connectivity index is 1.06. The van der Waals surface area contributed by atoms with Gasteiger partial charge in [-0.1, -0.05) is 12.1 Å². The number of rotatable bonds is 7. The fourth-order valence-corrected chi connectivity index (χ4v) is 4.68. The number of benzene rings is 1. The summed E-state index contributed by atoms with van der Waals surface area (Å²) in [6.45, 7) is 3.22. The molecule has 198 valence electrons. The molecule has 0 saturated carbocycles. The molecular weight excluding hydrogens is 495 g/mol. The van der Waals surface area contributed by atoms with Gasteiger partial charge in [-0.25, -0.2) is 9.98 Å². The molecule has 37 heavy (non-hydrogen) atoms. The Hall–Kier alpha value is -3.81. The van der Waals surface area contributed by atoms with Gasteiger partial charge in [-0.2, -0.15) is 0 Å². The van der Waals surface area contributed by atoms with Crippen molar-refractivity contribution in [2.45, 2.75) is 37.5 Å². The van der Waals surface area contributed by atoms with Gasteiger partial charge in [0.05, 0.1) is 24.5 Å². The van der Waals surface area contributed by atoms with E-state index in [0.717, 1.165) is 37.3 Å². The number of alkyl halides is 3. The average molecular weight is 522 g/mol. The molecule has 4 heterocycles. The Labute approximate surface area is 210 Å². The molecule has 0 radical (unpaired) electrons. The number of aliphatic imine (C=N–C) groups is 2. The topological polar surface area (TPSA) is 108 Å². The SMILES string of the molecule is O=[N+]([O-])[C@@H]1C=CN2C(=NCC2NCN2C=NC(N3CCC(c4ccc(OC(F)(F)F)cc4)CC3)=CC2)O1. The van der Waals surface area contributed by atoms with E-state index < -0.39 is 17.5 Å². The molecule has 0 aliphatic carbocycles. The van der Waals surface area contributed by atoms with Crippen molar-refractivity contribution in [3.05, 3.63) is 64.1 Å². The highest BCUT2D eigenvalue weighted by atomic mass is 19.4. The minimum absolute atomic E-state index is 0.161. The Morgan fingerprint density at radius 2 is 1.97 bits per heavy atom. The van der Waals surface area contributed by atoms with Crippen LogP contribution in [0.2, 0.25) is 0 Å². The maximum atomic E-state index is 12.4. The summed E-state index contributed by atoms with van der Waals surface area (Å²) in [7, 11) is 0. The molecule has 0 amide bonds. The number of amidine groups is 1. The summed E-state index contributed by atoms with van der Waals surface area (Å²) < 4.78 is 46.3. The highest BCUT2D eigenvalue weighted by Gasteiger charge is 2.36. The van der Waals surface area contributed by atoms with E-state index in [9.17, 15) is 23.3 Å². The molecule has 14 heteroatoms. The maximum Gasteiger partial charge on any atom is 0.573 e. The molecule has 11 nitrogen and oxygen atoms in total. The van der Waals surface area contributed by atoms with Gasteiger partial charge in [-0.05, 0) is 42.5 Å². The molecule has 0 aromatic heterocycles. The summed E-state index contributed by atoms with van der Waals surface area (Å²) >= 11 is 0. The molecule has 1 fully saturated rings. The second-order valence-corrected chi connectivity index (χ2v) is 9.00. The first-order chi connectivity index (χ1) is 17.7. The zero-order valence-corrected chi connectivity index (χ0v) is 19.8. The van der Waals surface area contributed by atoms with E-state index in [0.29, 0.717) is 19.8 Å². The molecule has 1 N–H and O–H groups in total. The third-order valence-electron chi connectivity index (χ3n) is 6.60. The van der Waals surface area contributed by atoms with Gasteiger partial charge in [0, 0.05) is 31.9 Å². The number of ether oxygens (including phenoxy) is 2. The summed E-state index contributed by atoms with van der Waals surface area (Å²) in [6, 6.07) is 6.37. The third kappa shape index (κ3) is 5.96.